The summed E-state index contributed by atoms with van der Waals surface area (Å²) < 4.78 is 13.6. The SMILES string of the molecule is COC(=O)[C@@]1(C)CC[C@]2(C)CC[C@]3(C)C(=CC=C4[C@@]5(C)CC[C@H](OC(=O)Cn6c(CCC(=O)O)nc7ccccc76)C(C)(C)[C@@H]5CC[C@]43C)[C@@H]2C1. The quantitative estimate of drug-likeness (QED) is 0.288. The van der Waals surface area contributed by atoms with Crippen LogP contribution < -0.4 is 0 Å². The lowest BCUT2D eigenvalue weighted by atomic mass is 9.36. The summed E-state index contributed by atoms with van der Waals surface area (Å²) in [7, 11) is 1.53. The zero-order valence-corrected chi connectivity index (χ0v) is 32.1. The minimum atomic E-state index is -0.891. The van der Waals surface area contributed by atoms with Crippen molar-refractivity contribution >= 4 is 28.9 Å². The molecule has 0 radical (unpaired) electrons. The molecule has 276 valence electrons. The molecule has 0 unspecified atom stereocenters. The van der Waals surface area contributed by atoms with E-state index in [1.54, 1.807) is 11.1 Å². The van der Waals surface area contributed by atoms with Gasteiger partial charge in [-0.25, -0.2) is 4.98 Å². The van der Waals surface area contributed by atoms with Crippen molar-refractivity contribution in [3.05, 3.63) is 53.4 Å². The van der Waals surface area contributed by atoms with Crippen molar-refractivity contribution in [2.24, 2.45) is 44.3 Å². The van der Waals surface area contributed by atoms with Gasteiger partial charge >= 0.3 is 17.9 Å². The van der Waals surface area contributed by atoms with Gasteiger partial charge in [0.1, 0.15) is 18.5 Å². The highest BCUT2D eigenvalue weighted by Gasteiger charge is 2.66. The van der Waals surface area contributed by atoms with Crippen LogP contribution in [-0.2, 0) is 36.8 Å². The molecule has 0 aliphatic heterocycles. The number of carbonyl (C=O) groups is 3. The molecule has 0 bridgehead atoms. The second-order valence-corrected chi connectivity index (χ2v) is 18.7. The van der Waals surface area contributed by atoms with E-state index in [0.29, 0.717) is 17.7 Å². The Morgan fingerprint density at radius 2 is 1.63 bits per heavy atom. The summed E-state index contributed by atoms with van der Waals surface area (Å²) in [4.78, 5) is 42.8. The second-order valence-electron chi connectivity index (χ2n) is 18.7. The third-order valence-corrected chi connectivity index (χ3v) is 15.7. The first-order chi connectivity index (χ1) is 23.9. The first kappa shape index (κ1) is 36.0. The van der Waals surface area contributed by atoms with Gasteiger partial charge in [0, 0.05) is 11.8 Å². The molecule has 8 nitrogen and oxygen atoms in total. The van der Waals surface area contributed by atoms with Crippen molar-refractivity contribution < 1.29 is 29.0 Å². The fourth-order valence-corrected chi connectivity index (χ4v) is 12.3. The Labute approximate surface area is 303 Å². The zero-order valence-electron chi connectivity index (χ0n) is 32.1. The predicted octanol–water partition coefficient (Wildman–Crippen LogP) is 8.86. The van der Waals surface area contributed by atoms with E-state index in [0.717, 1.165) is 62.4 Å². The number of imidazole rings is 1. The Hall–Kier alpha value is -3.42. The van der Waals surface area contributed by atoms with E-state index in [9.17, 15) is 19.5 Å². The maximum atomic E-state index is 13.7. The van der Waals surface area contributed by atoms with E-state index < -0.39 is 11.4 Å². The normalized spacial score (nSPS) is 38.2. The molecule has 1 aromatic carbocycles. The molecule has 2 aromatic rings. The van der Waals surface area contributed by atoms with Crippen molar-refractivity contribution in [2.75, 3.05) is 7.11 Å². The van der Waals surface area contributed by atoms with Gasteiger partial charge in [-0.2, -0.15) is 0 Å². The number of benzene rings is 1. The van der Waals surface area contributed by atoms with Gasteiger partial charge in [0.2, 0.25) is 0 Å². The van der Waals surface area contributed by atoms with Gasteiger partial charge in [-0.3, -0.25) is 14.4 Å². The highest BCUT2D eigenvalue weighted by molar-refractivity contribution is 5.79. The molecule has 5 aliphatic carbocycles. The van der Waals surface area contributed by atoms with Crippen LogP contribution in [-0.4, -0.2) is 45.8 Å². The molecule has 5 aliphatic rings. The molecule has 1 heterocycles. The third-order valence-electron chi connectivity index (χ3n) is 15.7. The van der Waals surface area contributed by atoms with E-state index in [-0.39, 0.29) is 64.5 Å². The lowest BCUT2D eigenvalue weighted by Gasteiger charge is -2.68. The lowest BCUT2D eigenvalue weighted by Crippen LogP contribution is -2.61. The van der Waals surface area contributed by atoms with Crippen molar-refractivity contribution in [1.29, 1.82) is 0 Å². The molecule has 51 heavy (non-hydrogen) atoms. The Kier molecular flexibility index (Phi) is 8.50. The van der Waals surface area contributed by atoms with Gasteiger partial charge in [-0.1, -0.05) is 77.0 Å². The number of hydrogen-bond donors (Lipinski definition) is 1. The largest absolute Gasteiger partial charge is 0.481 e. The number of methoxy groups -OCH3 is 1. The van der Waals surface area contributed by atoms with Crippen LogP contribution >= 0.6 is 0 Å². The van der Waals surface area contributed by atoms with Crippen LogP contribution in [0.2, 0.25) is 0 Å². The van der Waals surface area contributed by atoms with Gasteiger partial charge in [-0.15, -0.1) is 0 Å². The van der Waals surface area contributed by atoms with Crippen molar-refractivity contribution in [1.82, 2.24) is 9.55 Å². The number of para-hydroxylation sites is 2. The fraction of sp³-hybridized carbons (Fsp3) is 0.674. The standard InChI is InChI=1S/C43H58N2O6/c1-38(2)31-17-20-43(7)32(14-13-27-28-25-40(4,37(49)50-8)22-21-39(28,3)23-24-42(27,43)6)41(31,5)19-18-33(38)51-36(48)26-45-30-12-10-9-11-29(30)44-34(45)15-16-35(46)47/h9-14,28,31,33H,15-26H2,1-8H3,(H,46,47)/t28-,31-,33-,39+,40-,41-,42+,43+/m0/s1. The average molecular weight is 699 g/mol. The molecule has 4 fully saturated rings. The highest BCUT2D eigenvalue weighted by atomic mass is 16.5. The zero-order chi connectivity index (χ0) is 36.8. The van der Waals surface area contributed by atoms with Gasteiger partial charge in [0.25, 0.3) is 0 Å². The predicted molar refractivity (Wildman–Crippen MR) is 197 cm³/mol. The summed E-state index contributed by atoms with van der Waals surface area (Å²) in [5, 5.41) is 9.32. The maximum Gasteiger partial charge on any atom is 0.326 e. The van der Waals surface area contributed by atoms with Crippen LogP contribution in [0.25, 0.3) is 11.0 Å². The van der Waals surface area contributed by atoms with Crippen LogP contribution in [0.3, 0.4) is 0 Å². The summed E-state index contributed by atoms with van der Waals surface area (Å²) in [6.45, 7) is 16.7. The first-order valence-electron chi connectivity index (χ1n) is 19.3. The van der Waals surface area contributed by atoms with Crippen molar-refractivity contribution in [2.45, 2.75) is 132 Å². The first-order valence-corrected chi connectivity index (χ1v) is 19.3. The Morgan fingerprint density at radius 3 is 2.35 bits per heavy atom. The molecule has 8 atom stereocenters. The number of carboxylic acids is 1. The van der Waals surface area contributed by atoms with Crippen molar-refractivity contribution in [3.8, 4) is 0 Å². The summed E-state index contributed by atoms with van der Waals surface area (Å²) in [6, 6.07) is 7.62. The van der Waals surface area contributed by atoms with Gasteiger partial charge < -0.3 is 19.1 Å². The van der Waals surface area contributed by atoms with Gasteiger partial charge in [0.05, 0.1) is 30.0 Å². The fourth-order valence-electron chi connectivity index (χ4n) is 12.3. The van der Waals surface area contributed by atoms with E-state index in [2.05, 4.69) is 65.6 Å². The molecule has 7 rings (SSSR count). The molecule has 1 N–H and O–H groups in total. The number of nitrogens with zero attached hydrogens (tertiary/aromatic N) is 2. The van der Waals surface area contributed by atoms with E-state index in [4.69, 9.17) is 9.47 Å². The molecule has 8 heteroatoms. The topological polar surface area (TPSA) is 108 Å². The Bertz CT molecular complexity index is 1840. The number of allylic oxidation sites excluding steroid dienone is 4. The highest BCUT2D eigenvalue weighted by Crippen LogP contribution is 2.74. The molecule has 0 amide bonds. The molecule has 4 saturated carbocycles. The summed E-state index contributed by atoms with van der Waals surface area (Å²) in [5.41, 5.74) is 4.20. The van der Waals surface area contributed by atoms with Crippen molar-refractivity contribution in [3.63, 3.8) is 0 Å². The Morgan fingerprint density at radius 1 is 0.902 bits per heavy atom. The monoisotopic (exact) mass is 698 g/mol. The second kappa shape index (κ2) is 12.1. The number of aliphatic carboxylic acids is 1. The number of rotatable bonds is 7. The number of aryl methyl sites for hydroxylation is 1. The summed E-state index contributed by atoms with van der Waals surface area (Å²) in [5.74, 6) is 0.0389. The summed E-state index contributed by atoms with van der Waals surface area (Å²) in [6.07, 6.45) is 14.0. The number of esters is 2. The van der Waals surface area contributed by atoms with Crippen LogP contribution in [0.1, 0.15) is 118 Å². The molecule has 1 aromatic heterocycles. The lowest BCUT2D eigenvalue weighted by molar-refractivity contribution is -0.175. The van der Waals surface area contributed by atoms with E-state index in [1.165, 1.54) is 13.5 Å². The number of fused-ring (bicyclic) bond motifs is 8. The van der Waals surface area contributed by atoms with Gasteiger partial charge in [-0.05, 0) is 110 Å². The maximum absolute atomic E-state index is 13.7. The Balaban J connectivity index is 1.15. The van der Waals surface area contributed by atoms with Crippen LogP contribution in [0.4, 0.5) is 0 Å². The average Bonchev–Trinajstić information content (AvgIpc) is 3.42. The van der Waals surface area contributed by atoms with Crippen LogP contribution in [0.5, 0.6) is 0 Å². The number of hydrogen-bond acceptors (Lipinski definition) is 6. The van der Waals surface area contributed by atoms with E-state index >= 15 is 0 Å². The van der Waals surface area contributed by atoms with Crippen LogP contribution in [0, 0.1) is 44.3 Å². The third kappa shape index (κ3) is 5.35. The summed E-state index contributed by atoms with van der Waals surface area (Å²) >= 11 is 0. The minimum Gasteiger partial charge on any atom is -0.481 e. The smallest absolute Gasteiger partial charge is 0.326 e. The number of carbonyl (C=O) groups excluding carboxylic acids is 2. The molecular weight excluding hydrogens is 640 g/mol. The van der Waals surface area contributed by atoms with Crippen LogP contribution in [0.15, 0.2) is 47.6 Å². The number of aromatic nitrogens is 2. The number of carboxylic acid groups (broad SMARTS) is 1. The molecule has 0 spiro atoms. The molecule has 0 saturated heterocycles. The van der Waals surface area contributed by atoms with E-state index in [1.807, 2.05) is 28.8 Å². The van der Waals surface area contributed by atoms with Gasteiger partial charge in [0.15, 0.2) is 0 Å². The number of ether oxygens (including phenoxy) is 2. The molecular formula is C43H58N2O6. The minimum absolute atomic E-state index is 0.00818.